The second-order valence-electron chi connectivity index (χ2n) is 10.8. The molecule has 1 atom stereocenters. The third kappa shape index (κ3) is 5.49. The SMILES string of the molecule is O=C(Nc1ccc(C(=O)NC2(C(=O)O)CCN(Cc3ccccc3)C2)cc1)OCC1c2ccccc2-c2ccccc21. The summed E-state index contributed by atoms with van der Waals surface area (Å²) in [5.74, 6) is -1.58. The van der Waals surface area contributed by atoms with Crippen LogP contribution < -0.4 is 10.6 Å². The molecule has 0 bridgehead atoms. The maximum absolute atomic E-state index is 13.1. The number of likely N-dealkylation sites (tertiary alicyclic amines) is 1. The smallest absolute Gasteiger partial charge is 0.411 e. The van der Waals surface area contributed by atoms with Crippen LogP contribution in [0.3, 0.4) is 0 Å². The summed E-state index contributed by atoms with van der Waals surface area (Å²) in [6.07, 6.45) is -0.286. The molecule has 1 aliphatic heterocycles. The van der Waals surface area contributed by atoms with E-state index in [1.165, 1.54) is 0 Å². The highest BCUT2D eigenvalue weighted by molar-refractivity contribution is 5.98. The van der Waals surface area contributed by atoms with Crippen molar-refractivity contribution in [3.63, 3.8) is 0 Å². The number of benzene rings is 4. The van der Waals surface area contributed by atoms with Crippen LogP contribution in [0.25, 0.3) is 11.1 Å². The minimum Gasteiger partial charge on any atom is -0.479 e. The summed E-state index contributed by atoms with van der Waals surface area (Å²) in [6.45, 7) is 1.58. The average molecular weight is 562 g/mol. The third-order valence-corrected chi connectivity index (χ3v) is 8.10. The Hall–Kier alpha value is -4.95. The van der Waals surface area contributed by atoms with Gasteiger partial charge in [-0.3, -0.25) is 15.0 Å². The number of aliphatic carboxylic acids is 1. The molecular weight excluding hydrogens is 530 g/mol. The van der Waals surface area contributed by atoms with Crippen molar-refractivity contribution in [2.24, 2.45) is 0 Å². The Labute approximate surface area is 243 Å². The van der Waals surface area contributed by atoms with Crippen LogP contribution in [0.5, 0.6) is 0 Å². The molecule has 8 heteroatoms. The quantitative estimate of drug-likeness (QED) is 0.262. The van der Waals surface area contributed by atoms with E-state index in [2.05, 4.69) is 34.9 Å². The van der Waals surface area contributed by atoms with Crippen molar-refractivity contribution in [1.82, 2.24) is 10.2 Å². The lowest BCUT2D eigenvalue weighted by Gasteiger charge is -2.26. The number of amides is 2. The molecule has 3 N–H and O–H groups in total. The van der Waals surface area contributed by atoms with Crippen LogP contribution in [0.15, 0.2) is 103 Å². The average Bonchev–Trinajstić information content (AvgIpc) is 3.56. The predicted molar refractivity (Wildman–Crippen MR) is 159 cm³/mol. The first kappa shape index (κ1) is 27.2. The van der Waals surface area contributed by atoms with E-state index >= 15 is 0 Å². The Morgan fingerprint density at radius 2 is 1.45 bits per heavy atom. The molecule has 212 valence electrons. The van der Waals surface area contributed by atoms with Crippen molar-refractivity contribution >= 4 is 23.7 Å². The zero-order valence-corrected chi connectivity index (χ0v) is 23.0. The molecular formula is C34H31N3O5. The number of fused-ring (bicyclic) bond motifs is 3. The number of rotatable bonds is 8. The Balaban J connectivity index is 1.05. The number of nitrogens with one attached hydrogen (secondary N) is 2. The van der Waals surface area contributed by atoms with E-state index in [4.69, 9.17) is 4.74 Å². The molecule has 4 aromatic rings. The van der Waals surface area contributed by atoms with E-state index < -0.39 is 23.5 Å². The van der Waals surface area contributed by atoms with E-state index in [0.717, 1.165) is 27.8 Å². The van der Waals surface area contributed by atoms with Gasteiger partial charge in [-0.2, -0.15) is 0 Å². The molecule has 42 heavy (non-hydrogen) atoms. The second-order valence-corrected chi connectivity index (χ2v) is 10.8. The Morgan fingerprint density at radius 1 is 0.833 bits per heavy atom. The molecule has 1 heterocycles. The molecule has 1 unspecified atom stereocenters. The maximum Gasteiger partial charge on any atom is 0.411 e. The van der Waals surface area contributed by atoms with Crippen LogP contribution in [0.1, 0.15) is 39.4 Å². The number of ether oxygens (including phenoxy) is 1. The number of hydrogen-bond donors (Lipinski definition) is 3. The van der Waals surface area contributed by atoms with Crippen molar-refractivity contribution in [2.45, 2.75) is 24.4 Å². The summed E-state index contributed by atoms with van der Waals surface area (Å²) in [5.41, 5.74) is 5.05. The van der Waals surface area contributed by atoms with Gasteiger partial charge >= 0.3 is 12.1 Å². The van der Waals surface area contributed by atoms with Gasteiger partial charge in [0, 0.05) is 36.8 Å². The molecule has 0 spiro atoms. The van der Waals surface area contributed by atoms with E-state index in [1.807, 2.05) is 59.5 Å². The normalized spacial score (nSPS) is 17.7. The van der Waals surface area contributed by atoms with Gasteiger partial charge in [-0.05, 0) is 58.5 Å². The van der Waals surface area contributed by atoms with Gasteiger partial charge in [-0.1, -0.05) is 78.9 Å². The Bertz CT molecular complexity index is 1580. The molecule has 2 amide bonds. The summed E-state index contributed by atoms with van der Waals surface area (Å²) >= 11 is 0. The van der Waals surface area contributed by atoms with Crippen LogP contribution in [0.4, 0.5) is 10.5 Å². The zero-order chi connectivity index (χ0) is 29.1. The topological polar surface area (TPSA) is 108 Å². The standard InChI is InChI=1S/C34H31N3O5/c38-31(36-34(32(39)40)18-19-37(22-34)20-23-8-2-1-3-9-23)24-14-16-25(17-15-24)35-33(41)42-21-30-28-12-6-4-10-26(28)27-11-5-7-13-29(27)30/h1-17,30H,18-22H2,(H,35,41)(H,36,38)(H,39,40). The van der Waals surface area contributed by atoms with Crippen LogP contribution in [-0.2, 0) is 16.1 Å². The van der Waals surface area contributed by atoms with E-state index in [9.17, 15) is 19.5 Å². The first-order chi connectivity index (χ1) is 20.4. The maximum atomic E-state index is 13.1. The summed E-state index contributed by atoms with van der Waals surface area (Å²) in [6, 6.07) is 32.4. The van der Waals surface area contributed by atoms with Crippen molar-refractivity contribution in [3.8, 4) is 11.1 Å². The lowest BCUT2D eigenvalue weighted by atomic mass is 9.98. The third-order valence-electron chi connectivity index (χ3n) is 8.10. The van der Waals surface area contributed by atoms with E-state index in [0.29, 0.717) is 30.8 Å². The fraction of sp³-hybridized carbons (Fsp3) is 0.206. The van der Waals surface area contributed by atoms with Crippen molar-refractivity contribution in [3.05, 3.63) is 125 Å². The van der Waals surface area contributed by atoms with Crippen LogP contribution in [-0.4, -0.2) is 53.2 Å². The number of carboxylic acid groups (broad SMARTS) is 1. The predicted octanol–water partition coefficient (Wildman–Crippen LogP) is 5.51. The van der Waals surface area contributed by atoms with Gasteiger partial charge in [-0.15, -0.1) is 0 Å². The minimum absolute atomic E-state index is 0.0463. The van der Waals surface area contributed by atoms with Gasteiger partial charge < -0.3 is 15.2 Å². The first-order valence-corrected chi connectivity index (χ1v) is 14.0. The van der Waals surface area contributed by atoms with Crippen LogP contribution in [0, 0.1) is 0 Å². The molecule has 1 fully saturated rings. The number of hydrogen-bond acceptors (Lipinski definition) is 5. The highest BCUT2D eigenvalue weighted by Crippen LogP contribution is 2.44. The van der Waals surface area contributed by atoms with Crippen molar-refractivity contribution in [2.75, 3.05) is 25.0 Å². The number of nitrogens with zero attached hydrogens (tertiary/aromatic N) is 1. The molecule has 0 aromatic heterocycles. The van der Waals surface area contributed by atoms with Gasteiger partial charge in [0.15, 0.2) is 5.54 Å². The number of carbonyl (C=O) groups is 3. The number of carbonyl (C=O) groups excluding carboxylic acids is 2. The number of anilines is 1. The molecule has 6 rings (SSSR count). The summed E-state index contributed by atoms with van der Waals surface area (Å²) in [4.78, 5) is 40.0. The van der Waals surface area contributed by atoms with Gasteiger partial charge in [-0.25, -0.2) is 9.59 Å². The molecule has 1 saturated heterocycles. The Kier molecular flexibility index (Phi) is 7.46. The molecule has 8 nitrogen and oxygen atoms in total. The molecule has 4 aromatic carbocycles. The van der Waals surface area contributed by atoms with Crippen molar-refractivity contribution < 1.29 is 24.2 Å². The molecule has 2 aliphatic rings. The fourth-order valence-electron chi connectivity index (χ4n) is 5.94. The molecule has 0 radical (unpaired) electrons. The summed E-state index contributed by atoms with van der Waals surface area (Å²) < 4.78 is 5.60. The summed E-state index contributed by atoms with van der Waals surface area (Å²) in [7, 11) is 0. The largest absolute Gasteiger partial charge is 0.479 e. The lowest BCUT2D eigenvalue weighted by molar-refractivity contribution is -0.144. The Morgan fingerprint density at radius 3 is 2.10 bits per heavy atom. The second kappa shape index (κ2) is 11.5. The first-order valence-electron chi connectivity index (χ1n) is 14.0. The monoisotopic (exact) mass is 561 g/mol. The summed E-state index contributed by atoms with van der Waals surface area (Å²) in [5, 5.41) is 15.5. The van der Waals surface area contributed by atoms with Gasteiger partial charge in [0.2, 0.25) is 0 Å². The van der Waals surface area contributed by atoms with Gasteiger partial charge in [0.05, 0.1) is 0 Å². The van der Waals surface area contributed by atoms with E-state index in [-0.39, 0.29) is 19.1 Å². The van der Waals surface area contributed by atoms with Crippen LogP contribution in [0.2, 0.25) is 0 Å². The number of carboxylic acids is 1. The highest BCUT2D eigenvalue weighted by atomic mass is 16.5. The van der Waals surface area contributed by atoms with Crippen LogP contribution >= 0.6 is 0 Å². The minimum atomic E-state index is -1.37. The molecule has 0 saturated carbocycles. The molecule has 1 aliphatic carbocycles. The fourth-order valence-corrected chi connectivity index (χ4v) is 5.94. The van der Waals surface area contributed by atoms with Gasteiger partial charge in [0.25, 0.3) is 5.91 Å². The lowest BCUT2D eigenvalue weighted by Crippen LogP contribution is -2.56. The van der Waals surface area contributed by atoms with Crippen molar-refractivity contribution in [1.29, 1.82) is 0 Å². The van der Waals surface area contributed by atoms with Gasteiger partial charge in [0.1, 0.15) is 6.61 Å². The van der Waals surface area contributed by atoms with E-state index in [1.54, 1.807) is 24.3 Å². The highest BCUT2D eigenvalue weighted by Gasteiger charge is 2.46. The zero-order valence-electron chi connectivity index (χ0n) is 23.0.